The summed E-state index contributed by atoms with van der Waals surface area (Å²) in [4.78, 5) is 25.7. The van der Waals surface area contributed by atoms with Gasteiger partial charge in [-0.25, -0.2) is 9.97 Å². The first kappa shape index (κ1) is 19.9. The lowest BCUT2D eigenvalue weighted by molar-refractivity contribution is -0.115. The molecular formula is C21H22BrN5O. The summed E-state index contributed by atoms with van der Waals surface area (Å²) in [5, 5.41) is 6.20. The zero-order chi connectivity index (χ0) is 20.1. The Balaban J connectivity index is 1.64. The van der Waals surface area contributed by atoms with Crippen molar-refractivity contribution in [2.24, 2.45) is 0 Å². The number of benzene rings is 1. The summed E-state index contributed by atoms with van der Waals surface area (Å²) < 4.78 is 0.989. The molecule has 0 aliphatic rings. The topological polar surface area (TPSA) is 79.8 Å². The number of anilines is 2. The number of amides is 1. The molecule has 3 aromatic rings. The van der Waals surface area contributed by atoms with Crippen molar-refractivity contribution in [1.29, 1.82) is 0 Å². The molecule has 2 heterocycles. The Morgan fingerprint density at radius 2 is 1.93 bits per heavy atom. The van der Waals surface area contributed by atoms with Gasteiger partial charge < -0.3 is 10.6 Å². The number of aryl methyl sites for hydroxylation is 2. The summed E-state index contributed by atoms with van der Waals surface area (Å²) >= 11 is 3.43. The van der Waals surface area contributed by atoms with Crippen LogP contribution in [0.3, 0.4) is 0 Å². The Morgan fingerprint density at radius 3 is 2.64 bits per heavy atom. The third-order valence-corrected chi connectivity index (χ3v) is 4.88. The molecular weight excluding hydrogens is 418 g/mol. The molecule has 3 rings (SSSR count). The van der Waals surface area contributed by atoms with E-state index in [1.807, 2.05) is 57.2 Å². The van der Waals surface area contributed by atoms with Gasteiger partial charge in [0.1, 0.15) is 11.5 Å². The van der Waals surface area contributed by atoms with Crippen LogP contribution in [-0.4, -0.2) is 27.4 Å². The summed E-state index contributed by atoms with van der Waals surface area (Å²) in [7, 11) is 0. The fourth-order valence-electron chi connectivity index (χ4n) is 2.68. The summed E-state index contributed by atoms with van der Waals surface area (Å²) in [5.41, 5.74) is 4.40. The van der Waals surface area contributed by atoms with Crippen LogP contribution in [0.2, 0.25) is 0 Å². The van der Waals surface area contributed by atoms with Crippen molar-refractivity contribution >= 4 is 33.3 Å². The quantitative estimate of drug-likeness (QED) is 0.583. The minimum atomic E-state index is -0.0497. The van der Waals surface area contributed by atoms with E-state index >= 15 is 0 Å². The van der Waals surface area contributed by atoms with E-state index in [1.54, 1.807) is 6.20 Å². The van der Waals surface area contributed by atoms with Crippen LogP contribution in [0.15, 0.2) is 47.1 Å². The van der Waals surface area contributed by atoms with Gasteiger partial charge in [0.2, 0.25) is 5.91 Å². The van der Waals surface area contributed by atoms with Gasteiger partial charge in [0, 0.05) is 40.6 Å². The van der Waals surface area contributed by atoms with Crippen LogP contribution in [0.25, 0.3) is 11.5 Å². The normalized spacial score (nSPS) is 10.6. The molecule has 2 aromatic heterocycles. The van der Waals surface area contributed by atoms with Gasteiger partial charge in [0.25, 0.3) is 0 Å². The van der Waals surface area contributed by atoms with Crippen molar-refractivity contribution in [2.75, 3.05) is 17.2 Å². The number of rotatable bonds is 6. The molecule has 7 heteroatoms. The lowest BCUT2D eigenvalue weighted by Crippen LogP contribution is -2.18. The highest BCUT2D eigenvalue weighted by Crippen LogP contribution is 2.21. The fraction of sp³-hybridized carbons (Fsp3) is 0.238. The van der Waals surface area contributed by atoms with E-state index in [1.165, 1.54) is 0 Å². The lowest BCUT2D eigenvalue weighted by Gasteiger charge is -2.13. The standard InChI is InChI=1S/C21H22BrN5O/c1-13-12-16(22)7-8-17(13)26-19(28)9-11-24-20-14(2)15(3)25-21(27-20)18-6-4-5-10-23-18/h4-8,10,12H,9,11H2,1-3H3,(H,26,28)(H,24,25,27). The molecule has 1 aromatic carbocycles. The minimum absolute atomic E-state index is 0.0497. The minimum Gasteiger partial charge on any atom is -0.369 e. The molecule has 0 radical (unpaired) electrons. The Kier molecular flexibility index (Phi) is 6.36. The molecule has 0 saturated heterocycles. The number of nitrogens with zero attached hydrogens (tertiary/aromatic N) is 3. The average molecular weight is 440 g/mol. The van der Waals surface area contributed by atoms with Gasteiger partial charge in [-0.05, 0) is 56.7 Å². The van der Waals surface area contributed by atoms with Crippen LogP contribution in [0, 0.1) is 20.8 Å². The second-order valence-electron chi connectivity index (χ2n) is 6.51. The number of aromatic nitrogens is 3. The predicted molar refractivity (Wildman–Crippen MR) is 115 cm³/mol. The molecule has 1 amide bonds. The van der Waals surface area contributed by atoms with Crippen molar-refractivity contribution in [2.45, 2.75) is 27.2 Å². The Hall–Kier alpha value is -2.80. The molecule has 0 unspecified atom stereocenters. The van der Waals surface area contributed by atoms with Gasteiger partial charge in [-0.15, -0.1) is 0 Å². The third-order valence-electron chi connectivity index (χ3n) is 4.39. The second-order valence-corrected chi connectivity index (χ2v) is 7.42. The van der Waals surface area contributed by atoms with Crippen LogP contribution in [0.4, 0.5) is 11.5 Å². The Morgan fingerprint density at radius 1 is 1.11 bits per heavy atom. The lowest BCUT2D eigenvalue weighted by atomic mass is 10.2. The first-order chi connectivity index (χ1) is 13.4. The number of pyridine rings is 1. The Labute approximate surface area is 173 Å². The van der Waals surface area contributed by atoms with Crippen LogP contribution in [0.1, 0.15) is 23.2 Å². The largest absolute Gasteiger partial charge is 0.369 e. The molecule has 144 valence electrons. The van der Waals surface area contributed by atoms with Crippen LogP contribution in [-0.2, 0) is 4.79 Å². The van der Waals surface area contributed by atoms with E-state index < -0.39 is 0 Å². The van der Waals surface area contributed by atoms with Gasteiger partial charge in [0.15, 0.2) is 5.82 Å². The van der Waals surface area contributed by atoms with Crippen molar-refractivity contribution in [1.82, 2.24) is 15.0 Å². The maximum atomic E-state index is 12.3. The fourth-order valence-corrected chi connectivity index (χ4v) is 3.16. The van der Waals surface area contributed by atoms with Gasteiger partial charge in [-0.3, -0.25) is 9.78 Å². The molecule has 0 saturated carbocycles. The molecule has 6 nitrogen and oxygen atoms in total. The predicted octanol–water partition coefficient (Wildman–Crippen LogP) is 4.67. The van der Waals surface area contributed by atoms with Gasteiger partial charge >= 0.3 is 0 Å². The van der Waals surface area contributed by atoms with Crippen LogP contribution in [0.5, 0.6) is 0 Å². The average Bonchev–Trinajstić information content (AvgIpc) is 2.68. The molecule has 0 aliphatic carbocycles. The zero-order valence-electron chi connectivity index (χ0n) is 16.1. The molecule has 0 bridgehead atoms. The summed E-state index contributed by atoms with van der Waals surface area (Å²) in [5.74, 6) is 1.24. The number of carbonyl (C=O) groups is 1. The highest BCUT2D eigenvalue weighted by atomic mass is 79.9. The smallest absolute Gasteiger partial charge is 0.226 e. The molecule has 0 fully saturated rings. The van der Waals surface area contributed by atoms with Crippen molar-refractivity contribution in [3.8, 4) is 11.5 Å². The number of nitrogens with one attached hydrogen (secondary N) is 2. The molecule has 0 atom stereocenters. The number of halogens is 1. The van der Waals surface area contributed by atoms with E-state index in [0.29, 0.717) is 18.8 Å². The van der Waals surface area contributed by atoms with Crippen LogP contribution >= 0.6 is 15.9 Å². The number of hydrogen-bond donors (Lipinski definition) is 2. The number of carbonyl (C=O) groups excluding carboxylic acids is 1. The molecule has 2 N–H and O–H groups in total. The van der Waals surface area contributed by atoms with E-state index in [9.17, 15) is 4.79 Å². The monoisotopic (exact) mass is 439 g/mol. The van der Waals surface area contributed by atoms with Gasteiger partial charge in [-0.2, -0.15) is 0 Å². The maximum absolute atomic E-state index is 12.3. The van der Waals surface area contributed by atoms with Crippen molar-refractivity contribution < 1.29 is 4.79 Å². The third kappa shape index (κ3) is 4.92. The zero-order valence-corrected chi connectivity index (χ0v) is 17.7. The van der Waals surface area contributed by atoms with Crippen molar-refractivity contribution in [3.63, 3.8) is 0 Å². The summed E-state index contributed by atoms with van der Waals surface area (Å²) in [6.45, 7) is 6.34. The highest BCUT2D eigenvalue weighted by molar-refractivity contribution is 9.10. The first-order valence-electron chi connectivity index (χ1n) is 9.00. The van der Waals surface area contributed by atoms with E-state index in [2.05, 4.69) is 41.5 Å². The first-order valence-corrected chi connectivity index (χ1v) is 9.80. The van der Waals surface area contributed by atoms with Crippen LogP contribution < -0.4 is 10.6 Å². The Bertz CT molecular complexity index is 992. The van der Waals surface area contributed by atoms with E-state index in [0.717, 1.165) is 38.5 Å². The van der Waals surface area contributed by atoms with Crippen molar-refractivity contribution in [3.05, 3.63) is 63.9 Å². The summed E-state index contributed by atoms with van der Waals surface area (Å²) in [6.07, 6.45) is 2.05. The second kappa shape index (κ2) is 8.93. The van der Waals surface area contributed by atoms with E-state index in [4.69, 9.17) is 0 Å². The number of hydrogen-bond acceptors (Lipinski definition) is 5. The van der Waals surface area contributed by atoms with E-state index in [-0.39, 0.29) is 5.91 Å². The van der Waals surface area contributed by atoms with Gasteiger partial charge in [0.05, 0.1) is 0 Å². The SMILES string of the molecule is Cc1cc(Br)ccc1NC(=O)CCNc1nc(-c2ccccn2)nc(C)c1C. The maximum Gasteiger partial charge on any atom is 0.226 e. The molecule has 0 aliphatic heterocycles. The molecule has 28 heavy (non-hydrogen) atoms. The molecule has 0 spiro atoms. The summed E-state index contributed by atoms with van der Waals surface area (Å²) in [6, 6.07) is 11.4. The highest BCUT2D eigenvalue weighted by Gasteiger charge is 2.11. The van der Waals surface area contributed by atoms with Gasteiger partial charge in [-0.1, -0.05) is 22.0 Å².